The van der Waals surface area contributed by atoms with E-state index in [1.807, 2.05) is 42.5 Å². The first-order chi connectivity index (χ1) is 18.6. The van der Waals surface area contributed by atoms with E-state index in [0.29, 0.717) is 22.3 Å². The summed E-state index contributed by atoms with van der Waals surface area (Å²) in [5, 5.41) is 9.34. The molecule has 0 spiro atoms. The van der Waals surface area contributed by atoms with Crippen LogP contribution in [0, 0.1) is 0 Å². The first kappa shape index (κ1) is 25.8. The predicted molar refractivity (Wildman–Crippen MR) is 149 cm³/mol. The fourth-order valence-corrected chi connectivity index (χ4v) is 4.89. The van der Waals surface area contributed by atoms with Crippen molar-refractivity contribution < 1.29 is 9.59 Å². The van der Waals surface area contributed by atoms with E-state index in [1.165, 1.54) is 0 Å². The molecule has 0 bridgehead atoms. The van der Waals surface area contributed by atoms with Gasteiger partial charge in [0.2, 0.25) is 0 Å². The topological polar surface area (TPSA) is 96.0 Å². The SMILES string of the molecule is O=C(NCc1ccc(-c2ccccc2)cc1)c1cccc(-c2cnc([As])c(C(=O)N[C@H]3CCCNC3)n2)c1. The van der Waals surface area contributed by atoms with E-state index in [4.69, 9.17) is 0 Å². The Hall–Kier alpha value is -3.80. The average Bonchev–Trinajstić information content (AvgIpc) is 2.97. The Kier molecular flexibility index (Phi) is 8.27. The van der Waals surface area contributed by atoms with Gasteiger partial charge in [0, 0.05) is 0 Å². The summed E-state index contributed by atoms with van der Waals surface area (Å²) in [6, 6.07) is 25.6. The number of benzene rings is 3. The van der Waals surface area contributed by atoms with Crippen LogP contribution in [-0.2, 0) is 6.54 Å². The van der Waals surface area contributed by atoms with E-state index in [-0.39, 0.29) is 23.6 Å². The molecule has 4 aromatic rings. The van der Waals surface area contributed by atoms with Gasteiger partial charge in [0.25, 0.3) is 0 Å². The Bertz CT molecular complexity index is 1420. The van der Waals surface area contributed by atoms with Gasteiger partial charge in [-0.05, 0) is 11.1 Å². The van der Waals surface area contributed by atoms with Crippen LogP contribution >= 0.6 is 0 Å². The predicted octanol–water partition coefficient (Wildman–Crippen LogP) is 3.02. The second-order valence-corrected chi connectivity index (χ2v) is 10.2. The van der Waals surface area contributed by atoms with Crippen LogP contribution in [0.4, 0.5) is 0 Å². The molecular weight excluding hydrogens is 537 g/mol. The van der Waals surface area contributed by atoms with Crippen molar-refractivity contribution >= 4 is 33.1 Å². The van der Waals surface area contributed by atoms with Gasteiger partial charge in [0.05, 0.1) is 0 Å². The Labute approximate surface area is 231 Å². The molecule has 8 heteroatoms. The Morgan fingerprint density at radius 3 is 2.45 bits per heavy atom. The summed E-state index contributed by atoms with van der Waals surface area (Å²) in [6.45, 7) is 2.14. The van der Waals surface area contributed by atoms with Crippen LogP contribution in [0.3, 0.4) is 0 Å². The zero-order valence-corrected chi connectivity index (χ0v) is 22.7. The number of rotatable bonds is 7. The van der Waals surface area contributed by atoms with E-state index >= 15 is 0 Å². The molecule has 1 aliphatic heterocycles. The van der Waals surface area contributed by atoms with Crippen molar-refractivity contribution in [2.75, 3.05) is 13.1 Å². The van der Waals surface area contributed by atoms with Crippen LogP contribution in [0.5, 0.6) is 0 Å². The van der Waals surface area contributed by atoms with E-state index in [0.717, 1.165) is 48.2 Å². The van der Waals surface area contributed by atoms with Crippen molar-refractivity contribution in [1.29, 1.82) is 0 Å². The normalized spacial score (nSPS) is 15.0. The van der Waals surface area contributed by atoms with Crippen LogP contribution in [0.1, 0.15) is 39.3 Å². The Balaban J connectivity index is 1.25. The third-order valence-corrected chi connectivity index (χ3v) is 7.22. The zero-order chi connectivity index (χ0) is 26.3. The summed E-state index contributed by atoms with van der Waals surface area (Å²) in [4.78, 5) is 34.8. The van der Waals surface area contributed by atoms with Crippen molar-refractivity contribution in [3.63, 3.8) is 0 Å². The summed E-state index contributed by atoms with van der Waals surface area (Å²) < 4.78 is 0.509. The number of hydrogen-bond donors (Lipinski definition) is 3. The molecule has 2 heterocycles. The maximum atomic E-state index is 12.9. The van der Waals surface area contributed by atoms with Gasteiger partial charge in [0.15, 0.2) is 0 Å². The molecule has 1 aromatic heterocycles. The summed E-state index contributed by atoms with van der Waals surface area (Å²) in [5.41, 5.74) is 5.36. The molecule has 1 fully saturated rings. The van der Waals surface area contributed by atoms with Crippen LogP contribution in [0.2, 0.25) is 0 Å². The van der Waals surface area contributed by atoms with Crippen LogP contribution in [0.15, 0.2) is 85.1 Å². The van der Waals surface area contributed by atoms with Crippen molar-refractivity contribution in [3.05, 3.63) is 102 Å². The first-order valence-electron chi connectivity index (χ1n) is 12.7. The van der Waals surface area contributed by atoms with E-state index in [9.17, 15) is 9.59 Å². The number of piperidine rings is 1. The molecule has 190 valence electrons. The van der Waals surface area contributed by atoms with Gasteiger partial charge < -0.3 is 0 Å². The van der Waals surface area contributed by atoms with Crippen molar-refractivity contribution in [2.24, 2.45) is 0 Å². The van der Waals surface area contributed by atoms with Crippen LogP contribution < -0.4 is 20.4 Å². The molecule has 5 rings (SSSR count). The molecule has 3 aromatic carbocycles. The Morgan fingerprint density at radius 2 is 1.68 bits per heavy atom. The molecule has 38 heavy (non-hydrogen) atoms. The van der Waals surface area contributed by atoms with E-state index in [2.05, 4.69) is 67.0 Å². The molecule has 2 radical (unpaired) electrons. The number of carbonyl (C=O) groups is 2. The third kappa shape index (κ3) is 6.36. The minimum absolute atomic E-state index is 0.0789. The maximum absolute atomic E-state index is 12.9. The number of aromatic nitrogens is 2. The number of nitrogens with zero attached hydrogens (tertiary/aromatic N) is 2. The van der Waals surface area contributed by atoms with E-state index < -0.39 is 0 Å². The molecule has 0 unspecified atom stereocenters. The molecular formula is C30H28AsN5O2. The van der Waals surface area contributed by atoms with Crippen LogP contribution in [-0.4, -0.2) is 57.8 Å². The quantitative estimate of drug-likeness (QED) is 0.300. The van der Waals surface area contributed by atoms with Gasteiger partial charge in [-0.1, -0.05) is 42.5 Å². The van der Waals surface area contributed by atoms with Gasteiger partial charge >= 0.3 is 178 Å². The van der Waals surface area contributed by atoms with Gasteiger partial charge in [-0.2, -0.15) is 0 Å². The van der Waals surface area contributed by atoms with Gasteiger partial charge in [-0.15, -0.1) is 0 Å². The summed E-state index contributed by atoms with van der Waals surface area (Å²) >= 11 is 2.30. The van der Waals surface area contributed by atoms with Crippen LogP contribution in [0.25, 0.3) is 22.4 Å². The van der Waals surface area contributed by atoms with Gasteiger partial charge in [-0.3, -0.25) is 0 Å². The molecule has 3 N–H and O–H groups in total. The summed E-state index contributed by atoms with van der Waals surface area (Å²) in [5.74, 6) is -0.422. The standard InChI is InChI=1S/C30H28AsN5O2/c31-28-27(30(38)35-25-10-5-15-32-18-25)36-26(19-33-28)23-8-4-9-24(16-23)29(37)34-17-20-11-13-22(14-12-20)21-6-2-1-3-7-21/h1-4,6-9,11-14,16,19,25,32H,5,10,15,17-18H2,(H,34,37)(H,35,38)/t25-/m0/s1. The van der Waals surface area contributed by atoms with E-state index in [1.54, 1.807) is 18.3 Å². The van der Waals surface area contributed by atoms with Crippen molar-refractivity contribution in [1.82, 2.24) is 25.9 Å². The Morgan fingerprint density at radius 1 is 0.921 bits per heavy atom. The zero-order valence-electron chi connectivity index (χ0n) is 20.9. The molecule has 0 aliphatic carbocycles. The molecule has 2 amide bonds. The third-order valence-electron chi connectivity index (χ3n) is 6.54. The molecule has 0 saturated carbocycles. The van der Waals surface area contributed by atoms with Crippen molar-refractivity contribution in [2.45, 2.75) is 25.4 Å². The molecule has 1 saturated heterocycles. The second-order valence-electron chi connectivity index (χ2n) is 9.27. The fraction of sp³-hybridized carbons (Fsp3) is 0.200. The average molecular weight is 566 g/mol. The minimum atomic E-state index is -0.240. The second kappa shape index (κ2) is 12.2. The fourth-order valence-electron chi connectivity index (χ4n) is 4.45. The molecule has 7 nitrogen and oxygen atoms in total. The summed E-state index contributed by atoms with van der Waals surface area (Å²) in [7, 11) is 0. The first-order valence-corrected chi connectivity index (χ1v) is 13.6. The molecule has 1 atom stereocenters. The molecule has 1 aliphatic rings. The number of amides is 2. The number of nitrogens with one attached hydrogen (secondary N) is 3. The van der Waals surface area contributed by atoms with Gasteiger partial charge in [0.1, 0.15) is 0 Å². The number of carbonyl (C=O) groups excluding carboxylic acids is 2. The van der Waals surface area contributed by atoms with Gasteiger partial charge in [-0.25, -0.2) is 0 Å². The summed E-state index contributed by atoms with van der Waals surface area (Å²) in [6.07, 6.45) is 3.59. The van der Waals surface area contributed by atoms with Crippen molar-refractivity contribution in [3.8, 4) is 22.4 Å². The monoisotopic (exact) mass is 565 g/mol. The number of hydrogen-bond acceptors (Lipinski definition) is 5.